The number of hydrogen-bond acceptors (Lipinski definition) is 3. The molecule has 88 valence electrons. The summed E-state index contributed by atoms with van der Waals surface area (Å²) in [5.74, 6) is 1.53. The second kappa shape index (κ2) is 5.75. The summed E-state index contributed by atoms with van der Waals surface area (Å²) in [5.41, 5.74) is 0. The molecule has 2 aromatic rings. The highest BCUT2D eigenvalue weighted by Gasteiger charge is 1.98. The van der Waals surface area contributed by atoms with Gasteiger partial charge in [-0.05, 0) is 12.1 Å². The van der Waals surface area contributed by atoms with E-state index in [1.165, 1.54) is 12.4 Å². The molecule has 2 rings (SSSR count). The number of hydrogen-bond donors (Lipinski definition) is 1. The lowest BCUT2D eigenvalue weighted by Gasteiger charge is -2.07. The van der Waals surface area contributed by atoms with Gasteiger partial charge in [-0.3, -0.25) is 5.21 Å². The first-order valence-corrected chi connectivity index (χ1v) is 5.36. The molecule has 1 aromatic heterocycles. The maximum absolute atomic E-state index is 9.01. The van der Waals surface area contributed by atoms with Crippen LogP contribution in [0.3, 0.4) is 0 Å². The molecule has 4 heteroatoms. The van der Waals surface area contributed by atoms with Crippen molar-refractivity contribution in [1.82, 2.24) is 0 Å². The van der Waals surface area contributed by atoms with Crippen LogP contribution in [0, 0.1) is 0 Å². The van der Waals surface area contributed by atoms with Crippen LogP contribution in [0.4, 0.5) is 0 Å². The minimum Gasteiger partial charge on any atom is -0.490 e. The third-order valence-electron chi connectivity index (χ3n) is 2.15. The Balaban J connectivity index is 1.71. The van der Waals surface area contributed by atoms with Crippen LogP contribution in [-0.4, -0.2) is 18.4 Å². The monoisotopic (exact) mass is 232 g/mol. The van der Waals surface area contributed by atoms with E-state index in [1.807, 2.05) is 30.3 Å². The second-order valence-electron chi connectivity index (χ2n) is 3.42. The van der Waals surface area contributed by atoms with Crippen LogP contribution >= 0.6 is 0 Å². The Hall–Kier alpha value is -2.23. The summed E-state index contributed by atoms with van der Waals surface area (Å²) in [5, 5.41) is 9.01. The molecule has 1 heterocycles. The maximum atomic E-state index is 9.01. The smallest absolute Gasteiger partial charge is 0.225 e. The number of rotatable bonds is 5. The van der Waals surface area contributed by atoms with Crippen molar-refractivity contribution >= 4 is 0 Å². The molecular weight excluding hydrogens is 218 g/mol. The molecule has 0 spiro atoms. The highest BCUT2D eigenvalue weighted by Crippen LogP contribution is 2.09. The molecule has 17 heavy (non-hydrogen) atoms. The van der Waals surface area contributed by atoms with Crippen molar-refractivity contribution in [2.45, 2.75) is 0 Å². The Morgan fingerprint density at radius 1 is 0.824 bits per heavy atom. The first-order valence-electron chi connectivity index (χ1n) is 5.36. The second-order valence-corrected chi connectivity index (χ2v) is 3.42. The normalized spacial score (nSPS) is 9.88. The van der Waals surface area contributed by atoms with Crippen molar-refractivity contribution in [3.05, 3.63) is 54.9 Å². The van der Waals surface area contributed by atoms with E-state index in [2.05, 4.69) is 0 Å². The minimum absolute atomic E-state index is 0.463. The van der Waals surface area contributed by atoms with Gasteiger partial charge in [0.25, 0.3) is 0 Å². The minimum atomic E-state index is 0.463. The van der Waals surface area contributed by atoms with Crippen molar-refractivity contribution < 1.29 is 19.4 Å². The summed E-state index contributed by atoms with van der Waals surface area (Å²) in [4.78, 5) is 0. The zero-order chi connectivity index (χ0) is 11.9. The van der Waals surface area contributed by atoms with E-state index in [-0.39, 0.29) is 0 Å². The van der Waals surface area contributed by atoms with Crippen LogP contribution in [-0.2, 0) is 0 Å². The van der Waals surface area contributed by atoms with Gasteiger partial charge in [-0.1, -0.05) is 18.2 Å². The van der Waals surface area contributed by atoms with Gasteiger partial charge in [-0.25, -0.2) is 0 Å². The molecule has 0 aliphatic heterocycles. The summed E-state index contributed by atoms with van der Waals surface area (Å²) in [7, 11) is 0. The van der Waals surface area contributed by atoms with Crippen molar-refractivity contribution in [3.8, 4) is 11.5 Å². The van der Waals surface area contributed by atoms with Crippen LogP contribution in [0.1, 0.15) is 0 Å². The van der Waals surface area contributed by atoms with Crippen LogP contribution in [0.25, 0.3) is 0 Å². The van der Waals surface area contributed by atoms with E-state index in [4.69, 9.17) is 14.7 Å². The first kappa shape index (κ1) is 11.3. The number of nitrogens with zero attached hydrogens (tertiary/aromatic N) is 1. The average Bonchev–Trinajstić information content (AvgIpc) is 2.38. The average molecular weight is 232 g/mol. The van der Waals surface area contributed by atoms with Gasteiger partial charge in [-0.15, -0.1) is 0 Å². The molecule has 0 aliphatic carbocycles. The van der Waals surface area contributed by atoms with E-state index < -0.39 is 0 Å². The third kappa shape index (κ3) is 3.68. The lowest BCUT2D eigenvalue weighted by Crippen LogP contribution is -2.27. The van der Waals surface area contributed by atoms with E-state index in [0.717, 1.165) is 10.5 Å². The lowest BCUT2D eigenvalue weighted by molar-refractivity contribution is -0.904. The SMILES string of the molecule is O[n+]1ccc(OCCOc2ccccc2)cc1. The predicted molar refractivity (Wildman–Crippen MR) is 61.3 cm³/mol. The van der Waals surface area contributed by atoms with Crippen LogP contribution < -0.4 is 14.2 Å². The topological polar surface area (TPSA) is 42.6 Å². The summed E-state index contributed by atoms with van der Waals surface area (Å²) in [6.07, 6.45) is 3.01. The molecule has 0 unspecified atom stereocenters. The quantitative estimate of drug-likeness (QED) is 0.484. The Morgan fingerprint density at radius 3 is 1.94 bits per heavy atom. The summed E-state index contributed by atoms with van der Waals surface area (Å²) < 4.78 is 11.9. The molecule has 4 nitrogen and oxygen atoms in total. The van der Waals surface area contributed by atoms with Crippen molar-refractivity contribution in [3.63, 3.8) is 0 Å². The number of ether oxygens (including phenoxy) is 2. The molecule has 0 fully saturated rings. The Bertz CT molecular complexity index is 442. The third-order valence-corrected chi connectivity index (χ3v) is 2.15. The summed E-state index contributed by atoms with van der Waals surface area (Å²) in [6.45, 7) is 0.947. The summed E-state index contributed by atoms with van der Waals surface area (Å²) in [6, 6.07) is 13.0. The maximum Gasteiger partial charge on any atom is 0.225 e. The molecule has 1 aromatic carbocycles. The van der Waals surface area contributed by atoms with Gasteiger partial charge in [0.15, 0.2) is 0 Å². The zero-order valence-corrected chi connectivity index (χ0v) is 9.32. The van der Waals surface area contributed by atoms with Gasteiger partial charge in [0.1, 0.15) is 24.7 Å². The fourth-order valence-electron chi connectivity index (χ4n) is 1.34. The largest absolute Gasteiger partial charge is 0.490 e. The zero-order valence-electron chi connectivity index (χ0n) is 9.32. The number of benzene rings is 1. The standard InChI is InChI=1S/C13H14NO3/c15-14-8-6-13(7-9-14)17-11-10-16-12-4-2-1-3-5-12/h1-9,15H,10-11H2/q+1. The van der Waals surface area contributed by atoms with Gasteiger partial charge in [0, 0.05) is 16.9 Å². The number of para-hydroxylation sites is 1. The van der Waals surface area contributed by atoms with E-state index >= 15 is 0 Å². The fraction of sp³-hybridized carbons (Fsp3) is 0.154. The molecule has 1 N–H and O–H groups in total. The molecule has 0 saturated carbocycles. The molecule has 0 radical (unpaired) electrons. The molecule has 0 atom stereocenters. The summed E-state index contributed by atoms with van der Waals surface area (Å²) >= 11 is 0. The highest BCUT2D eigenvalue weighted by atomic mass is 16.5. The predicted octanol–water partition coefficient (Wildman–Crippen LogP) is 1.67. The Kier molecular flexibility index (Phi) is 3.81. The van der Waals surface area contributed by atoms with E-state index in [1.54, 1.807) is 12.1 Å². The van der Waals surface area contributed by atoms with Crippen molar-refractivity contribution in [2.24, 2.45) is 0 Å². The van der Waals surface area contributed by atoms with Gasteiger partial charge in [0.2, 0.25) is 12.4 Å². The molecule has 0 saturated heterocycles. The van der Waals surface area contributed by atoms with Crippen LogP contribution in [0.2, 0.25) is 0 Å². The van der Waals surface area contributed by atoms with Crippen LogP contribution in [0.5, 0.6) is 11.5 Å². The molecular formula is C13H14NO3+. The van der Waals surface area contributed by atoms with Gasteiger partial charge < -0.3 is 9.47 Å². The molecule has 0 aliphatic rings. The van der Waals surface area contributed by atoms with Crippen molar-refractivity contribution in [2.75, 3.05) is 13.2 Å². The lowest BCUT2D eigenvalue weighted by atomic mass is 10.3. The Morgan fingerprint density at radius 2 is 1.35 bits per heavy atom. The van der Waals surface area contributed by atoms with Gasteiger partial charge in [-0.2, -0.15) is 0 Å². The molecule has 0 amide bonds. The number of aromatic nitrogens is 1. The number of pyridine rings is 1. The highest BCUT2D eigenvalue weighted by molar-refractivity contribution is 5.20. The van der Waals surface area contributed by atoms with E-state index in [0.29, 0.717) is 19.0 Å². The van der Waals surface area contributed by atoms with Gasteiger partial charge in [0.05, 0.1) is 0 Å². The van der Waals surface area contributed by atoms with E-state index in [9.17, 15) is 0 Å². The van der Waals surface area contributed by atoms with Crippen molar-refractivity contribution in [1.29, 1.82) is 0 Å². The fourth-order valence-corrected chi connectivity index (χ4v) is 1.34. The Labute approximate surface area is 99.6 Å². The molecule has 0 bridgehead atoms. The van der Waals surface area contributed by atoms with Crippen LogP contribution in [0.15, 0.2) is 54.9 Å². The van der Waals surface area contributed by atoms with Gasteiger partial charge >= 0.3 is 0 Å². The first-order chi connectivity index (χ1) is 8.34.